The molecule has 0 spiro atoms. The minimum atomic E-state index is -1.06. The maximum absolute atomic E-state index is 14.1. The van der Waals surface area contributed by atoms with E-state index in [-0.39, 0.29) is 92.2 Å². The van der Waals surface area contributed by atoms with Gasteiger partial charge in [0.2, 0.25) is 23.6 Å². The van der Waals surface area contributed by atoms with Gasteiger partial charge < -0.3 is 30.5 Å². The van der Waals surface area contributed by atoms with Gasteiger partial charge in [0.15, 0.2) is 0 Å². The molecule has 0 bridgehead atoms. The lowest BCUT2D eigenvalue weighted by Gasteiger charge is -2.25. The van der Waals surface area contributed by atoms with E-state index in [0.717, 1.165) is 0 Å². The first-order chi connectivity index (χ1) is 21.9. The molecule has 5 amide bonds. The van der Waals surface area contributed by atoms with Crippen molar-refractivity contribution in [2.45, 2.75) is 64.5 Å². The van der Waals surface area contributed by atoms with Gasteiger partial charge in [-0.15, -0.1) is 0 Å². The second-order valence-corrected chi connectivity index (χ2v) is 12.1. The zero-order valence-electron chi connectivity index (χ0n) is 27.1. The molecule has 2 aromatic rings. The SMILES string of the molecule is CC(C)C[C@H]1COc2ccccc2C(=O)N[C@H](C(=O)NCCc2ccccc2F)CCC(=O)N(C)CCCC(=O)N(C)CC(=O)N1. The van der Waals surface area contributed by atoms with Crippen molar-refractivity contribution in [1.82, 2.24) is 25.8 Å². The molecule has 0 saturated heterocycles. The van der Waals surface area contributed by atoms with Crippen LogP contribution in [0.5, 0.6) is 5.75 Å². The van der Waals surface area contributed by atoms with Crippen LogP contribution in [0.4, 0.5) is 4.39 Å². The highest BCUT2D eigenvalue weighted by atomic mass is 19.1. The second kappa shape index (κ2) is 17.9. The van der Waals surface area contributed by atoms with Crippen molar-refractivity contribution >= 4 is 29.5 Å². The van der Waals surface area contributed by atoms with Crippen molar-refractivity contribution in [3.05, 3.63) is 65.5 Å². The number of fused-ring (bicyclic) bond motifs is 1. The molecule has 1 aliphatic rings. The summed E-state index contributed by atoms with van der Waals surface area (Å²) in [5.74, 6) is -1.76. The van der Waals surface area contributed by atoms with E-state index >= 15 is 0 Å². The smallest absolute Gasteiger partial charge is 0.255 e. The van der Waals surface area contributed by atoms with E-state index in [9.17, 15) is 28.4 Å². The quantitative estimate of drug-likeness (QED) is 0.445. The Morgan fingerprint density at radius 2 is 1.67 bits per heavy atom. The van der Waals surface area contributed by atoms with E-state index in [1.165, 1.54) is 15.9 Å². The van der Waals surface area contributed by atoms with Crippen molar-refractivity contribution in [3.8, 4) is 5.75 Å². The summed E-state index contributed by atoms with van der Waals surface area (Å²) < 4.78 is 20.1. The highest BCUT2D eigenvalue weighted by molar-refractivity contribution is 5.99. The fourth-order valence-corrected chi connectivity index (χ4v) is 5.18. The molecule has 0 aliphatic carbocycles. The van der Waals surface area contributed by atoms with Crippen molar-refractivity contribution < 1.29 is 33.1 Å². The molecule has 250 valence electrons. The second-order valence-electron chi connectivity index (χ2n) is 12.1. The fraction of sp³-hybridized carbons (Fsp3) is 0.500. The maximum Gasteiger partial charge on any atom is 0.255 e. The molecule has 12 heteroatoms. The van der Waals surface area contributed by atoms with Crippen LogP contribution >= 0.6 is 0 Å². The molecule has 0 fully saturated rings. The van der Waals surface area contributed by atoms with Gasteiger partial charge in [-0.3, -0.25) is 24.0 Å². The van der Waals surface area contributed by atoms with Crippen molar-refractivity contribution in [2.75, 3.05) is 40.3 Å². The van der Waals surface area contributed by atoms with Crippen LogP contribution in [0.15, 0.2) is 48.5 Å². The lowest BCUT2D eigenvalue weighted by molar-refractivity contribution is -0.135. The Balaban J connectivity index is 1.83. The van der Waals surface area contributed by atoms with Crippen LogP contribution in [0.3, 0.4) is 0 Å². The topological polar surface area (TPSA) is 137 Å². The Kier molecular flexibility index (Phi) is 14.0. The largest absolute Gasteiger partial charge is 0.491 e. The molecule has 0 aromatic heterocycles. The average Bonchev–Trinajstić information content (AvgIpc) is 3.01. The predicted octanol–water partition coefficient (Wildman–Crippen LogP) is 2.68. The molecule has 0 saturated carbocycles. The third kappa shape index (κ3) is 11.5. The average molecular weight is 640 g/mol. The number of carbonyl (C=O) groups is 5. The first-order valence-corrected chi connectivity index (χ1v) is 15.8. The summed E-state index contributed by atoms with van der Waals surface area (Å²) in [6, 6.07) is 11.4. The van der Waals surface area contributed by atoms with Gasteiger partial charge in [-0.2, -0.15) is 0 Å². The highest BCUT2D eigenvalue weighted by Gasteiger charge is 2.26. The van der Waals surface area contributed by atoms with E-state index in [1.807, 2.05) is 13.8 Å². The minimum absolute atomic E-state index is 0.0215. The van der Waals surface area contributed by atoms with Crippen LogP contribution in [0, 0.1) is 11.7 Å². The number of amides is 5. The summed E-state index contributed by atoms with van der Waals surface area (Å²) in [7, 11) is 3.17. The van der Waals surface area contributed by atoms with Crippen LogP contribution in [0.2, 0.25) is 0 Å². The lowest BCUT2D eigenvalue weighted by atomic mass is 10.0. The van der Waals surface area contributed by atoms with Crippen LogP contribution < -0.4 is 20.7 Å². The molecule has 11 nitrogen and oxygen atoms in total. The Morgan fingerprint density at radius 1 is 0.978 bits per heavy atom. The van der Waals surface area contributed by atoms with Gasteiger partial charge in [0.05, 0.1) is 18.2 Å². The molecule has 2 aromatic carbocycles. The number of likely N-dealkylation sites (N-methyl/N-ethyl adjacent to an activating group) is 1. The van der Waals surface area contributed by atoms with E-state index in [2.05, 4.69) is 16.0 Å². The molecule has 1 aliphatic heterocycles. The van der Waals surface area contributed by atoms with Gasteiger partial charge in [-0.05, 0) is 55.4 Å². The molecule has 0 unspecified atom stereocenters. The number of hydrogen-bond acceptors (Lipinski definition) is 6. The van der Waals surface area contributed by atoms with Gasteiger partial charge in [-0.1, -0.05) is 44.2 Å². The Bertz CT molecular complexity index is 1370. The first-order valence-electron chi connectivity index (χ1n) is 15.8. The molecule has 46 heavy (non-hydrogen) atoms. The maximum atomic E-state index is 14.1. The van der Waals surface area contributed by atoms with Crippen molar-refractivity contribution in [2.24, 2.45) is 5.92 Å². The third-order valence-corrected chi connectivity index (χ3v) is 7.73. The summed E-state index contributed by atoms with van der Waals surface area (Å²) in [4.78, 5) is 68.1. The number of nitrogens with one attached hydrogen (secondary N) is 3. The van der Waals surface area contributed by atoms with E-state index in [4.69, 9.17) is 4.74 Å². The fourth-order valence-electron chi connectivity index (χ4n) is 5.18. The highest BCUT2D eigenvalue weighted by Crippen LogP contribution is 2.20. The van der Waals surface area contributed by atoms with Crippen LogP contribution in [0.25, 0.3) is 0 Å². The number of nitrogens with zero attached hydrogens (tertiary/aromatic N) is 2. The molecule has 3 N–H and O–H groups in total. The Morgan fingerprint density at radius 3 is 2.41 bits per heavy atom. The first kappa shape index (κ1) is 36.0. The van der Waals surface area contributed by atoms with E-state index < -0.39 is 17.9 Å². The molecular weight excluding hydrogens is 593 g/mol. The minimum Gasteiger partial charge on any atom is -0.491 e. The molecule has 2 atom stereocenters. The van der Waals surface area contributed by atoms with Crippen LogP contribution in [0.1, 0.15) is 61.9 Å². The zero-order valence-corrected chi connectivity index (χ0v) is 27.1. The normalized spacial score (nSPS) is 19.5. The van der Waals surface area contributed by atoms with E-state index in [0.29, 0.717) is 24.9 Å². The summed E-state index contributed by atoms with van der Waals surface area (Å²) in [6.45, 7) is 4.42. The summed E-state index contributed by atoms with van der Waals surface area (Å²) >= 11 is 0. The predicted molar refractivity (Wildman–Crippen MR) is 171 cm³/mol. The number of benzene rings is 2. The number of halogens is 1. The summed E-state index contributed by atoms with van der Waals surface area (Å²) in [6.07, 6.45) is 1.38. The van der Waals surface area contributed by atoms with Crippen LogP contribution in [-0.4, -0.2) is 91.8 Å². The van der Waals surface area contributed by atoms with Gasteiger partial charge in [-0.25, -0.2) is 4.39 Å². The summed E-state index contributed by atoms with van der Waals surface area (Å²) in [5.41, 5.74) is 0.632. The van der Waals surface area contributed by atoms with Gasteiger partial charge in [0.25, 0.3) is 5.91 Å². The number of para-hydroxylation sites is 1. The number of hydrogen-bond donors (Lipinski definition) is 3. The van der Waals surface area contributed by atoms with Gasteiger partial charge in [0.1, 0.15) is 24.2 Å². The Hall–Kier alpha value is -4.48. The molecule has 3 rings (SSSR count). The number of rotatable bonds is 6. The molecule has 0 radical (unpaired) electrons. The van der Waals surface area contributed by atoms with Crippen molar-refractivity contribution in [3.63, 3.8) is 0 Å². The van der Waals surface area contributed by atoms with E-state index in [1.54, 1.807) is 56.6 Å². The Labute approximate surface area is 270 Å². The van der Waals surface area contributed by atoms with Gasteiger partial charge >= 0.3 is 0 Å². The molecule has 1 heterocycles. The standard InChI is InChI=1S/C34H46FN5O6/c1-23(2)20-25-22-46-29-13-8-6-11-26(29)33(44)38-28(34(45)36-18-17-24-10-5-7-12-27(24)35)15-16-32(43)39(3)19-9-14-31(42)40(4)21-30(41)37-25/h5-8,10-13,23,25,28H,9,14-22H2,1-4H3,(H,36,45)(H,37,41)(H,38,44)/t25-,28-/m0/s1. The van der Waals surface area contributed by atoms with Crippen molar-refractivity contribution in [1.29, 1.82) is 0 Å². The lowest BCUT2D eigenvalue weighted by Crippen LogP contribution is -2.48. The molecular formula is C34H46FN5O6. The van der Waals surface area contributed by atoms with Crippen LogP contribution in [-0.2, 0) is 25.6 Å². The summed E-state index contributed by atoms with van der Waals surface area (Å²) in [5, 5.41) is 8.46. The van der Waals surface area contributed by atoms with Gasteiger partial charge in [0, 0.05) is 40.0 Å². The number of ether oxygens (including phenoxy) is 1. The third-order valence-electron chi connectivity index (χ3n) is 7.73. The number of carbonyl (C=O) groups excluding carboxylic acids is 5. The zero-order chi connectivity index (χ0) is 33.6. The monoisotopic (exact) mass is 639 g/mol.